The first-order chi connectivity index (χ1) is 13.6. The Morgan fingerprint density at radius 2 is 1.89 bits per heavy atom. The van der Waals surface area contributed by atoms with Crippen molar-refractivity contribution in [3.05, 3.63) is 81.8 Å². The van der Waals surface area contributed by atoms with Crippen LogP contribution in [0.15, 0.2) is 60.0 Å². The van der Waals surface area contributed by atoms with Crippen LogP contribution in [0, 0.1) is 6.92 Å². The molecule has 1 unspecified atom stereocenters. The van der Waals surface area contributed by atoms with Gasteiger partial charge in [0.2, 0.25) is 5.91 Å². The monoisotopic (exact) mass is 394 g/mol. The molecule has 1 atom stereocenters. The maximum Gasteiger partial charge on any atom is 0.226 e. The summed E-state index contributed by atoms with van der Waals surface area (Å²) in [6.07, 6.45) is 2.18. The van der Waals surface area contributed by atoms with Gasteiger partial charge in [-0.1, -0.05) is 48.0 Å². The van der Waals surface area contributed by atoms with Gasteiger partial charge >= 0.3 is 0 Å². The van der Waals surface area contributed by atoms with Gasteiger partial charge in [0.15, 0.2) is 0 Å². The molecule has 0 saturated heterocycles. The molecule has 28 heavy (non-hydrogen) atoms. The highest BCUT2D eigenvalue weighted by molar-refractivity contribution is 7.09. The van der Waals surface area contributed by atoms with Crippen LogP contribution in [-0.2, 0) is 24.2 Å². The summed E-state index contributed by atoms with van der Waals surface area (Å²) < 4.78 is 5.75. The van der Waals surface area contributed by atoms with Crippen LogP contribution in [0.4, 0.5) is 0 Å². The molecular weight excluding hydrogens is 368 g/mol. The molecule has 3 rings (SSSR count). The van der Waals surface area contributed by atoms with Crippen LogP contribution in [0.5, 0.6) is 5.75 Å². The Morgan fingerprint density at radius 3 is 2.64 bits per heavy atom. The minimum absolute atomic E-state index is 0.0110. The highest BCUT2D eigenvalue weighted by atomic mass is 32.1. The normalized spacial score (nSPS) is 11.8. The van der Waals surface area contributed by atoms with Gasteiger partial charge in [-0.3, -0.25) is 4.79 Å². The fraction of sp³-hybridized carbons (Fsp3) is 0.304. The van der Waals surface area contributed by atoms with Crippen molar-refractivity contribution in [2.45, 2.75) is 45.8 Å². The fourth-order valence-electron chi connectivity index (χ4n) is 2.87. The number of hydrogen-bond acceptors (Lipinski definition) is 4. The smallest absolute Gasteiger partial charge is 0.226 e. The average molecular weight is 395 g/mol. The van der Waals surface area contributed by atoms with Gasteiger partial charge in [0.25, 0.3) is 0 Å². The van der Waals surface area contributed by atoms with E-state index in [1.54, 1.807) is 0 Å². The predicted molar refractivity (Wildman–Crippen MR) is 114 cm³/mol. The molecule has 1 heterocycles. The van der Waals surface area contributed by atoms with Crippen molar-refractivity contribution in [3.8, 4) is 5.75 Å². The van der Waals surface area contributed by atoms with Crippen LogP contribution in [0.2, 0.25) is 0 Å². The molecule has 1 N–H and O–H groups in total. The molecule has 0 aliphatic carbocycles. The minimum Gasteiger partial charge on any atom is -0.486 e. The molecule has 0 fully saturated rings. The second kappa shape index (κ2) is 10.0. The molecule has 4 nitrogen and oxygen atoms in total. The average Bonchev–Trinajstić information content (AvgIpc) is 3.14. The molecule has 0 aliphatic heterocycles. The molecule has 0 saturated carbocycles. The highest BCUT2D eigenvalue weighted by Crippen LogP contribution is 2.16. The van der Waals surface area contributed by atoms with Gasteiger partial charge < -0.3 is 10.1 Å². The topological polar surface area (TPSA) is 51.2 Å². The van der Waals surface area contributed by atoms with E-state index in [9.17, 15) is 4.79 Å². The third-order valence-corrected chi connectivity index (χ3v) is 5.31. The Bertz CT molecular complexity index is 875. The molecule has 0 spiro atoms. The zero-order chi connectivity index (χ0) is 19.8. The van der Waals surface area contributed by atoms with Crippen molar-refractivity contribution < 1.29 is 9.53 Å². The van der Waals surface area contributed by atoms with Crippen LogP contribution in [-0.4, -0.2) is 16.9 Å². The van der Waals surface area contributed by atoms with Gasteiger partial charge in [-0.25, -0.2) is 4.98 Å². The Kier molecular flexibility index (Phi) is 7.20. The lowest BCUT2D eigenvalue weighted by molar-refractivity contribution is -0.121. The van der Waals surface area contributed by atoms with Gasteiger partial charge in [0.1, 0.15) is 17.4 Å². The number of carbonyl (C=O) groups excluding carboxylic acids is 1. The van der Waals surface area contributed by atoms with Crippen molar-refractivity contribution in [2.24, 2.45) is 0 Å². The number of nitrogens with one attached hydrogen (secondary N) is 1. The van der Waals surface area contributed by atoms with Gasteiger partial charge in [0, 0.05) is 11.4 Å². The van der Waals surface area contributed by atoms with Gasteiger partial charge in [-0.2, -0.15) is 0 Å². The fourth-order valence-corrected chi connectivity index (χ4v) is 3.57. The lowest BCUT2D eigenvalue weighted by atomic mass is 10.1. The summed E-state index contributed by atoms with van der Waals surface area (Å²) in [5, 5.41) is 5.87. The molecule has 0 radical (unpaired) electrons. The number of thiazole rings is 1. The number of ether oxygens (including phenoxy) is 1. The van der Waals surface area contributed by atoms with Crippen LogP contribution in [0.3, 0.4) is 0 Å². The summed E-state index contributed by atoms with van der Waals surface area (Å²) in [5.74, 6) is 0.837. The first kappa shape index (κ1) is 20.1. The van der Waals surface area contributed by atoms with E-state index in [4.69, 9.17) is 4.74 Å². The minimum atomic E-state index is 0.0110. The molecule has 5 heteroatoms. The van der Waals surface area contributed by atoms with Crippen LogP contribution in [0.1, 0.15) is 35.2 Å². The first-order valence-electron chi connectivity index (χ1n) is 9.54. The Hall–Kier alpha value is -2.66. The summed E-state index contributed by atoms with van der Waals surface area (Å²) in [4.78, 5) is 16.8. The standard InChI is InChI=1S/C23H26N2O2S/c1-17-8-12-21(13-9-17)27-15-23-25-20(16-28-23)14-22(26)24-18(2)10-11-19-6-4-3-5-7-19/h3-9,12-13,16,18H,10-11,14-15H2,1-2H3,(H,24,26). The van der Waals surface area contributed by atoms with E-state index in [-0.39, 0.29) is 11.9 Å². The lowest BCUT2D eigenvalue weighted by Gasteiger charge is -2.13. The number of carbonyl (C=O) groups is 1. The van der Waals surface area contributed by atoms with Gasteiger partial charge in [-0.05, 0) is 44.4 Å². The lowest BCUT2D eigenvalue weighted by Crippen LogP contribution is -2.34. The van der Waals surface area contributed by atoms with E-state index in [0.29, 0.717) is 13.0 Å². The predicted octanol–water partition coefficient (Wildman–Crippen LogP) is 4.71. The molecular formula is C23H26N2O2S. The molecule has 146 valence electrons. The largest absolute Gasteiger partial charge is 0.486 e. The van der Waals surface area contributed by atoms with Crippen molar-refractivity contribution in [2.75, 3.05) is 0 Å². The number of benzene rings is 2. The van der Waals surface area contributed by atoms with E-state index in [1.165, 1.54) is 22.5 Å². The number of hydrogen-bond donors (Lipinski definition) is 1. The summed E-state index contributed by atoms with van der Waals surface area (Å²) in [7, 11) is 0. The van der Waals surface area contributed by atoms with E-state index < -0.39 is 0 Å². The molecule has 0 bridgehead atoms. The number of rotatable bonds is 9. The number of aromatic nitrogens is 1. The van der Waals surface area contributed by atoms with Crippen LogP contribution >= 0.6 is 11.3 Å². The summed E-state index contributed by atoms with van der Waals surface area (Å²) in [5.41, 5.74) is 3.29. The third-order valence-electron chi connectivity index (χ3n) is 4.44. The third kappa shape index (κ3) is 6.50. The number of nitrogens with zero attached hydrogens (tertiary/aromatic N) is 1. The molecule has 0 aliphatic rings. The summed E-state index contributed by atoms with van der Waals surface area (Å²) >= 11 is 1.52. The van der Waals surface area contributed by atoms with Crippen molar-refractivity contribution in [1.29, 1.82) is 0 Å². The zero-order valence-corrected chi connectivity index (χ0v) is 17.2. The van der Waals surface area contributed by atoms with Crippen LogP contribution < -0.4 is 10.1 Å². The molecule has 3 aromatic rings. The highest BCUT2D eigenvalue weighted by Gasteiger charge is 2.11. The summed E-state index contributed by atoms with van der Waals surface area (Å²) in [6.45, 7) is 4.51. The Labute approximate surface area is 170 Å². The van der Waals surface area contributed by atoms with Crippen molar-refractivity contribution in [1.82, 2.24) is 10.3 Å². The van der Waals surface area contributed by atoms with Gasteiger partial charge in [-0.15, -0.1) is 11.3 Å². The second-order valence-electron chi connectivity index (χ2n) is 7.00. The second-order valence-corrected chi connectivity index (χ2v) is 7.95. The number of amides is 1. The number of aryl methyl sites for hydroxylation is 2. The zero-order valence-electron chi connectivity index (χ0n) is 16.4. The Morgan fingerprint density at radius 1 is 1.14 bits per heavy atom. The van der Waals surface area contributed by atoms with Gasteiger partial charge in [0.05, 0.1) is 12.1 Å². The van der Waals surface area contributed by atoms with E-state index in [2.05, 4.69) is 22.4 Å². The van der Waals surface area contributed by atoms with E-state index in [0.717, 1.165) is 29.3 Å². The molecule has 2 aromatic carbocycles. The maximum atomic E-state index is 12.3. The summed E-state index contributed by atoms with van der Waals surface area (Å²) in [6, 6.07) is 18.4. The molecule has 1 amide bonds. The van der Waals surface area contributed by atoms with Crippen LogP contribution in [0.25, 0.3) is 0 Å². The molecule has 1 aromatic heterocycles. The SMILES string of the molecule is Cc1ccc(OCc2nc(CC(=O)NC(C)CCc3ccccc3)cs2)cc1. The quantitative estimate of drug-likeness (QED) is 0.572. The van der Waals surface area contributed by atoms with E-state index in [1.807, 2.05) is 61.7 Å². The maximum absolute atomic E-state index is 12.3. The van der Waals surface area contributed by atoms with E-state index >= 15 is 0 Å². The Balaban J connectivity index is 1.41. The first-order valence-corrected chi connectivity index (χ1v) is 10.4. The van der Waals surface area contributed by atoms with Crippen molar-refractivity contribution >= 4 is 17.2 Å². The van der Waals surface area contributed by atoms with Crippen molar-refractivity contribution in [3.63, 3.8) is 0 Å².